The molecule has 3 rings (SSSR count). The van der Waals surface area contributed by atoms with Crippen molar-refractivity contribution in [3.8, 4) is 0 Å². The zero-order valence-electron chi connectivity index (χ0n) is 14.3. The number of anilines is 1. The van der Waals surface area contributed by atoms with Gasteiger partial charge in [-0.1, -0.05) is 0 Å². The van der Waals surface area contributed by atoms with Gasteiger partial charge in [-0.25, -0.2) is 4.98 Å². The highest BCUT2D eigenvalue weighted by Gasteiger charge is 2.38. The number of hydrogen-bond donors (Lipinski definition) is 0. The quantitative estimate of drug-likeness (QED) is 0.720. The Labute approximate surface area is 155 Å². The van der Waals surface area contributed by atoms with E-state index in [1.165, 1.54) is 23.5 Å². The number of hydrogen-bond acceptors (Lipinski definition) is 4. The molecule has 2 aromatic rings. The van der Waals surface area contributed by atoms with Crippen LogP contribution in [0, 0.1) is 0 Å². The number of rotatable bonds is 2. The van der Waals surface area contributed by atoms with Crippen LogP contribution in [0.25, 0.3) is 0 Å². The van der Waals surface area contributed by atoms with Crippen LogP contribution in [0.1, 0.15) is 21.5 Å². The fourth-order valence-corrected chi connectivity index (χ4v) is 2.85. The molecule has 0 N–H and O–H groups in total. The van der Waals surface area contributed by atoms with Crippen molar-refractivity contribution in [1.82, 2.24) is 14.9 Å². The van der Waals surface area contributed by atoms with E-state index < -0.39 is 35.0 Å². The third-order valence-electron chi connectivity index (χ3n) is 4.28. The van der Waals surface area contributed by atoms with Crippen molar-refractivity contribution < 1.29 is 31.1 Å². The van der Waals surface area contributed by atoms with Crippen molar-refractivity contribution in [1.29, 1.82) is 0 Å². The fourth-order valence-electron chi connectivity index (χ4n) is 2.85. The number of piperazine rings is 1. The Bertz CT molecular complexity index is 813. The summed E-state index contributed by atoms with van der Waals surface area (Å²) in [5, 5.41) is 0. The minimum atomic E-state index is -5.00. The van der Waals surface area contributed by atoms with Gasteiger partial charge in [0, 0.05) is 44.1 Å². The van der Waals surface area contributed by atoms with Gasteiger partial charge in [0.25, 0.3) is 5.91 Å². The van der Waals surface area contributed by atoms with Crippen LogP contribution in [0.15, 0.2) is 36.8 Å². The molecule has 0 radical (unpaired) electrons. The second-order valence-corrected chi connectivity index (χ2v) is 6.14. The van der Waals surface area contributed by atoms with Gasteiger partial charge in [0.2, 0.25) is 0 Å². The van der Waals surface area contributed by atoms with Gasteiger partial charge >= 0.3 is 12.4 Å². The van der Waals surface area contributed by atoms with Gasteiger partial charge in [-0.3, -0.25) is 9.78 Å². The van der Waals surface area contributed by atoms with Crippen LogP contribution in [0.5, 0.6) is 0 Å². The molecule has 1 aromatic carbocycles. The number of carbonyl (C=O) groups excluding carboxylic acids is 1. The Kier molecular flexibility index (Phi) is 5.18. The maximum atomic E-state index is 13.0. The summed E-state index contributed by atoms with van der Waals surface area (Å²) in [7, 11) is 0. The molecule has 0 aliphatic carbocycles. The van der Waals surface area contributed by atoms with Crippen LogP contribution >= 0.6 is 0 Å². The van der Waals surface area contributed by atoms with Gasteiger partial charge in [-0.05, 0) is 18.2 Å². The minimum Gasteiger partial charge on any atom is -0.352 e. The van der Waals surface area contributed by atoms with E-state index in [9.17, 15) is 31.1 Å². The molecule has 0 unspecified atom stereocenters. The summed E-state index contributed by atoms with van der Waals surface area (Å²) >= 11 is 0. The van der Waals surface area contributed by atoms with E-state index in [-0.39, 0.29) is 19.2 Å². The standard InChI is InChI=1S/C17H14F6N4O/c18-16(19,20)12-7-11(8-13(9-12)17(21,22)23)15(28)27-5-3-26(4-6-27)14-10-24-1-2-25-14/h1-2,7-10H,3-6H2. The average Bonchev–Trinajstić information content (AvgIpc) is 2.66. The lowest BCUT2D eigenvalue weighted by atomic mass is 10.0. The molecule has 1 fully saturated rings. The summed E-state index contributed by atoms with van der Waals surface area (Å²) in [6.45, 7) is 0.922. The minimum absolute atomic E-state index is 0.00277. The molecule has 28 heavy (non-hydrogen) atoms. The molecule has 0 bridgehead atoms. The van der Waals surface area contributed by atoms with Crippen molar-refractivity contribution >= 4 is 11.7 Å². The summed E-state index contributed by atoms with van der Waals surface area (Å²) in [6.07, 6.45) is -5.48. The number of halogens is 6. The number of aromatic nitrogens is 2. The highest BCUT2D eigenvalue weighted by Crippen LogP contribution is 2.36. The van der Waals surface area contributed by atoms with Gasteiger partial charge in [0.05, 0.1) is 17.3 Å². The highest BCUT2D eigenvalue weighted by atomic mass is 19.4. The van der Waals surface area contributed by atoms with Crippen molar-refractivity contribution in [2.45, 2.75) is 12.4 Å². The predicted molar refractivity (Wildman–Crippen MR) is 86.6 cm³/mol. The summed E-state index contributed by atoms with van der Waals surface area (Å²) in [6, 6.07) is 0.905. The number of nitrogens with zero attached hydrogens (tertiary/aromatic N) is 4. The number of benzene rings is 1. The molecule has 1 saturated heterocycles. The molecule has 1 aliphatic rings. The summed E-state index contributed by atoms with van der Waals surface area (Å²) in [5.74, 6) is -0.302. The lowest BCUT2D eigenvalue weighted by molar-refractivity contribution is -0.143. The molecular formula is C17H14F6N4O. The molecule has 0 atom stereocenters. The fraction of sp³-hybridized carbons (Fsp3) is 0.353. The van der Waals surface area contributed by atoms with Crippen molar-refractivity contribution in [2.75, 3.05) is 31.1 Å². The Morgan fingerprint density at radius 3 is 1.89 bits per heavy atom. The van der Waals surface area contributed by atoms with Crippen LogP contribution in [0.2, 0.25) is 0 Å². The van der Waals surface area contributed by atoms with E-state index in [1.54, 1.807) is 0 Å². The Morgan fingerprint density at radius 1 is 0.857 bits per heavy atom. The Morgan fingerprint density at radius 2 is 1.43 bits per heavy atom. The topological polar surface area (TPSA) is 49.3 Å². The second kappa shape index (κ2) is 7.28. The lowest BCUT2D eigenvalue weighted by Gasteiger charge is -2.35. The second-order valence-electron chi connectivity index (χ2n) is 6.14. The highest BCUT2D eigenvalue weighted by molar-refractivity contribution is 5.95. The normalized spacial score (nSPS) is 15.6. The largest absolute Gasteiger partial charge is 0.416 e. The van der Waals surface area contributed by atoms with E-state index in [0.717, 1.165) is 0 Å². The van der Waals surface area contributed by atoms with E-state index in [0.29, 0.717) is 31.0 Å². The van der Waals surface area contributed by atoms with Gasteiger partial charge in [0.1, 0.15) is 5.82 Å². The first-order valence-electron chi connectivity index (χ1n) is 8.15. The lowest BCUT2D eigenvalue weighted by Crippen LogP contribution is -2.49. The van der Waals surface area contributed by atoms with Gasteiger partial charge in [-0.2, -0.15) is 26.3 Å². The van der Waals surface area contributed by atoms with E-state index in [1.807, 2.05) is 4.90 Å². The first-order valence-corrected chi connectivity index (χ1v) is 8.15. The van der Waals surface area contributed by atoms with E-state index in [2.05, 4.69) is 9.97 Å². The predicted octanol–water partition coefficient (Wildman–Crippen LogP) is 3.48. The SMILES string of the molecule is O=C(c1cc(C(F)(F)F)cc(C(F)(F)F)c1)N1CCN(c2cnccn2)CC1. The van der Waals surface area contributed by atoms with Crippen LogP contribution in [-0.4, -0.2) is 47.0 Å². The zero-order valence-corrected chi connectivity index (χ0v) is 14.3. The Hall–Kier alpha value is -2.85. The summed E-state index contributed by atoms with van der Waals surface area (Å²) < 4.78 is 77.8. The molecule has 5 nitrogen and oxygen atoms in total. The van der Waals surface area contributed by atoms with E-state index >= 15 is 0 Å². The van der Waals surface area contributed by atoms with Gasteiger partial charge < -0.3 is 9.80 Å². The summed E-state index contributed by atoms with van der Waals surface area (Å²) in [4.78, 5) is 23.6. The third-order valence-corrected chi connectivity index (χ3v) is 4.28. The van der Waals surface area contributed by atoms with Crippen molar-refractivity contribution in [2.24, 2.45) is 0 Å². The van der Waals surface area contributed by atoms with Gasteiger partial charge in [0.15, 0.2) is 0 Å². The molecule has 1 amide bonds. The van der Waals surface area contributed by atoms with Crippen molar-refractivity contribution in [3.63, 3.8) is 0 Å². The van der Waals surface area contributed by atoms with Crippen molar-refractivity contribution in [3.05, 3.63) is 53.5 Å². The first-order chi connectivity index (χ1) is 13.1. The van der Waals surface area contributed by atoms with Crippen LogP contribution in [0.4, 0.5) is 32.2 Å². The Balaban J connectivity index is 1.81. The number of alkyl halides is 6. The number of amides is 1. The molecule has 2 heterocycles. The molecule has 0 spiro atoms. The average molecular weight is 404 g/mol. The maximum absolute atomic E-state index is 13.0. The summed E-state index contributed by atoms with van der Waals surface area (Å²) in [5.41, 5.74) is -3.66. The van der Waals surface area contributed by atoms with Crippen LogP contribution in [0.3, 0.4) is 0 Å². The molecule has 1 aromatic heterocycles. The molecule has 11 heteroatoms. The molecular weight excluding hydrogens is 390 g/mol. The first kappa shape index (κ1) is 19.9. The van der Waals surface area contributed by atoms with Crippen LogP contribution < -0.4 is 4.90 Å². The van der Waals surface area contributed by atoms with E-state index in [4.69, 9.17) is 0 Å². The maximum Gasteiger partial charge on any atom is 0.416 e. The van der Waals surface area contributed by atoms with Gasteiger partial charge in [-0.15, -0.1) is 0 Å². The zero-order chi connectivity index (χ0) is 20.5. The van der Waals surface area contributed by atoms with Crippen LogP contribution in [-0.2, 0) is 12.4 Å². The number of carbonyl (C=O) groups is 1. The molecule has 0 saturated carbocycles. The molecule has 1 aliphatic heterocycles. The monoisotopic (exact) mass is 404 g/mol. The third kappa shape index (κ3) is 4.34. The molecule has 150 valence electrons. The smallest absolute Gasteiger partial charge is 0.352 e.